The molecule has 0 fully saturated rings. The molecule has 3 aromatic rings. The first-order chi connectivity index (χ1) is 14.2. The Balaban J connectivity index is 1.38. The van der Waals surface area contributed by atoms with Crippen LogP contribution in [-0.4, -0.2) is 24.8 Å². The van der Waals surface area contributed by atoms with Gasteiger partial charge in [0.15, 0.2) is 6.61 Å². The average molecular weight is 392 g/mol. The number of hydrogen-bond donors (Lipinski definition) is 3. The Hall–Kier alpha value is -4.07. The Morgan fingerprint density at radius 2 is 1.79 bits per heavy atom. The van der Waals surface area contributed by atoms with Crippen LogP contribution in [0, 0.1) is 0 Å². The maximum Gasteiger partial charge on any atom is 0.339 e. The normalized spacial score (nSPS) is 10.5. The van der Waals surface area contributed by atoms with Crippen LogP contribution in [0.3, 0.4) is 0 Å². The Kier molecular flexibility index (Phi) is 7.00. The van der Waals surface area contributed by atoms with Crippen LogP contribution < -0.4 is 20.8 Å². The molecule has 0 spiro atoms. The van der Waals surface area contributed by atoms with Crippen LogP contribution in [0.2, 0.25) is 0 Å². The highest BCUT2D eigenvalue weighted by Gasteiger charge is 2.04. The van der Waals surface area contributed by atoms with E-state index in [-0.39, 0.29) is 12.5 Å². The van der Waals surface area contributed by atoms with Crippen molar-refractivity contribution in [1.29, 1.82) is 0 Å². The number of urea groups is 1. The van der Waals surface area contributed by atoms with Gasteiger partial charge in [0.1, 0.15) is 11.5 Å². The third-order valence-electron chi connectivity index (χ3n) is 3.70. The molecule has 0 saturated heterocycles. The first-order valence-electron chi connectivity index (χ1n) is 8.86. The van der Waals surface area contributed by atoms with Gasteiger partial charge in [-0.3, -0.25) is 4.79 Å². The molecule has 0 aliphatic carbocycles. The third-order valence-corrected chi connectivity index (χ3v) is 3.70. The summed E-state index contributed by atoms with van der Waals surface area (Å²) in [6.45, 7) is 0.213. The molecule has 0 unspecified atom stereocenters. The van der Waals surface area contributed by atoms with Crippen molar-refractivity contribution in [1.82, 2.24) is 10.7 Å². The smallest absolute Gasteiger partial charge is 0.339 e. The Morgan fingerprint density at radius 3 is 2.52 bits per heavy atom. The van der Waals surface area contributed by atoms with Gasteiger partial charge in [-0.15, -0.1) is 0 Å². The number of hydrazone groups is 1. The molecule has 148 valence electrons. The van der Waals surface area contributed by atoms with Gasteiger partial charge in [0.05, 0.1) is 19.0 Å². The highest BCUT2D eigenvalue weighted by Crippen LogP contribution is 2.11. The van der Waals surface area contributed by atoms with Crippen molar-refractivity contribution < 1.29 is 18.7 Å². The van der Waals surface area contributed by atoms with Crippen molar-refractivity contribution in [3.8, 4) is 5.75 Å². The van der Waals surface area contributed by atoms with E-state index in [0.29, 0.717) is 23.7 Å². The van der Waals surface area contributed by atoms with Crippen LogP contribution in [0.15, 0.2) is 82.5 Å². The second-order valence-corrected chi connectivity index (χ2v) is 5.90. The fourth-order valence-electron chi connectivity index (χ4n) is 2.29. The molecule has 2 aromatic carbocycles. The minimum absolute atomic E-state index is 0.102. The summed E-state index contributed by atoms with van der Waals surface area (Å²) in [5.41, 5.74) is 3.83. The maximum absolute atomic E-state index is 11.8. The Bertz CT molecular complexity index is 939. The van der Waals surface area contributed by atoms with E-state index in [9.17, 15) is 9.59 Å². The molecule has 3 amide bonds. The summed E-state index contributed by atoms with van der Waals surface area (Å²) < 4.78 is 10.6. The van der Waals surface area contributed by atoms with Crippen LogP contribution in [0.1, 0.15) is 11.3 Å². The highest BCUT2D eigenvalue weighted by molar-refractivity contribution is 5.90. The van der Waals surface area contributed by atoms with Gasteiger partial charge in [-0.2, -0.15) is 5.10 Å². The number of para-hydroxylation sites is 1. The van der Waals surface area contributed by atoms with Crippen molar-refractivity contribution in [3.05, 3.63) is 84.3 Å². The zero-order valence-corrected chi connectivity index (χ0v) is 15.5. The number of nitrogens with one attached hydrogen (secondary N) is 3. The van der Waals surface area contributed by atoms with Gasteiger partial charge in [-0.1, -0.05) is 18.2 Å². The summed E-state index contributed by atoms with van der Waals surface area (Å²) in [6.07, 6.45) is 3.05. The van der Waals surface area contributed by atoms with E-state index in [1.807, 2.05) is 18.2 Å². The summed E-state index contributed by atoms with van der Waals surface area (Å²) in [4.78, 5) is 23.5. The molecule has 0 aliphatic rings. The number of benzene rings is 2. The monoisotopic (exact) mass is 392 g/mol. The molecular weight excluding hydrogens is 372 g/mol. The van der Waals surface area contributed by atoms with E-state index in [1.54, 1.807) is 54.8 Å². The molecule has 3 rings (SSSR count). The number of carbonyl (C=O) groups excluding carboxylic acids is 2. The minimum atomic E-state index is -0.437. The lowest BCUT2D eigenvalue weighted by atomic mass is 10.2. The Labute approximate surface area is 167 Å². The standard InChI is InChI=1S/C21H20N4O4/c26-20(22-14-19-7-4-12-28-19)15-29-18-10-8-16(9-11-18)13-23-25-21(27)24-17-5-2-1-3-6-17/h1-13H,14-15H2,(H,22,26)(H2,24,25,27)/b23-13-. The molecule has 29 heavy (non-hydrogen) atoms. The van der Waals surface area contributed by atoms with Gasteiger partial charge in [0.25, 0.3) is 5.91 Å². The lowest BCUT2D eigenvalue weighted by molar-refractivity contribution is -0.123. The van der Waals surface area contributed by atoms with Gasteiger partial charge in [0, 0.05) is 5.69 Å². The fraction of sp³-hybridized carbons (Fsp3) is 0.0952. The molecule has 0 radical (unpaired) electrons. The van der Waals surface area contributed by atoms with Gasteiger partial charge in [-0.25, -0.2) is 10.2 Å². The van der Waals surface area contributed by atoms with Crippen LogP contribution in [-0.2, 0) is 11.3 Å². The van der Waals surface area contributed by atoms with Gasteiger partial charge in [-0.05, 0) is 54.1 Å². The van der Waals surface area contributed by atoms with Crippen LogP contribution in [0.5, 0.6) is 5.75 Å². The summed E-state index contributed by atoms with van der Waals surface area (Å²) >= 11 is 0. The van der Waals surface area contributed by atoms with Gasteiger partial charge >= 0.3 is 6.03 Å². The molecule has 0 bridgehead atoms. The SMILES string of the molecule is O=C(COc1ccc(/C=N\NC(=O)Nc2ccccc2)cc1)NCc1ccco1. The van der Waals surface area contributed by atoms with Gasteiger partial charge in [0.2, 0.25) is 0 Å². The molecule has 0 atom stereocenters. The van der Waals surface area contributed by atoms with Crippen molar-refractivity contribution in [2.75, 3.05) is 11.9 Å². The lowest BCUT2D eigenvalue weighted by Crippen LogP contribution is -2.28. The zero-order valence-electron chi connectivity index (χ0n) is 15.5. The number of furan rings is 1. The van der Waals surface area contributed by atoms with E-state index in [2.05, 4.69) is 21.2 Å². The zero-order chi connectivity index (χ0) is 20.3. The molecular formula is C21H20N4O4. The summed E-state index contributed by atoms with van der Waals surface area (Å²) in [5.74, 6) is 0.971. The third kappa shape index (κ3) is 6.87. The van der Waals surface area contributed by atoms with E-state index < -0.39 is 6.03 Å². The molecule has 1 aromatic heterocycles. The lowest BCUT2D eigenvalue weighted by Gasteiger charge is -2.07. The second-order valence-electron chi connectivity index (χ2n) is 5.90. The predicted octanol–water partition coefficient (Wildman–Crippen LogP) is 3.13. The molecule has 3 N–H and O–H groups in total. The number of rotatable bonds is 8. The highest BCUT2D eigenvalue weighted by atomic mass is 16.5. The van der Waals surface area contributed by atoms with Crippen molar-refractivity contribution in [3.63, 3.8) is 0 Å². The Morgan fingerprint density at radius 1 is 1.00 bits per heavy atom. The molecule has 0 saturated carbocycles. The maximum atomic E-state index is 11.8. The second kappa shape index (κ2) is 10.3. The van der Waals surface area contributed by atoms with Crippen LogP contribution in [0.25, 0.3) is 0 Å². The number of amides is 3. The van der Waals surface area contributed by atoms with Gasteiger partial charge < -0.3 is 19.8 Å². The number of hydrogen-bond acceptors (Lipinski definition) is 5. The first kappa shape index (κ1) is 19.7. The van der Waals surface area contributed by atoms with E-state index in [1.165, 1.54) is 6.21 Å². The summed E-state index contributed by atoms with van der Waals surface area (Å²) in [5, 5.41) is 9.24. The molecule has 1 heterocycles. The largest absolute Gasteiger partial charge is 0.484 e. The van der Waals surface area contributed by atoms with E-state index in [4.69, 9.17) is 9.15 Å². The molecule has 8 nitrogen and oxygen atoms in total. The summed E-state index contributed by atoms with van der Waals surface area (Å²) in [7, 11) is 0. The number of nitrogens with zero attached hydrogens (tertiary/aromatic N) is 1. The number of ether oxygens (including phenoxy) is 1. The van der Waals surface area contributed by atoms with Crippen LogP contribution >= 0.6 is 0 Å². The number of anilines is 1. The predicted molar refractivity (Wildman–Crippen MR) is 109 cm³/mol. The fourth-order valence-corrected chi connectivity index (χ4v) is 2.29. The minimum Gasteiger partial charge on any atom is -0.484 e. The van der Waals surface area contributed by atoms with Crippen LogP contribution in [0.4, 0.5) is 10.5 Å². The van der Waals surface area contributed by atoms with E-state index in [0.717, 1.165) is 5.56 Å². The number of carbonyl (C=O) groups is 2. The first-order valence-corrected chi connectivity index (χ1v) is 8.86. The summed E-state index contributed by atoms with van der Waals surface area (Å²) in [6, 6.07) is 19.1. The quantitative estimate of drug-likeness (QED) is 0.405. The molecule has 0 aliphatic heterocycles. The molecule has 8 heteroatoms. The van der Waals surface area contributed by atoms with Crippen molar-refractivity contribution >= 4 is 23.8 Å². The van der Waals surface area contributed by atoms with Crippen molar-refractivity contribution in [2.45, 2.75) is 6.54 Å². The van der Waals surface area contributed by atoms with Crippen molar-refractivity contribution in [2.24, 2.45) is 5.10 Å². The van der Waals surface area contributed by atoms with E-state index >= 15 is 0 Å². The topological polar surface area (TPSA) is 105 Å². The average Bonchev–Trinajstić information content (AvgIpc) is 3.26.